The number of ketones is 1. The molecule has 0 atom stereocenters. The molecule has 0 radical (unpaired) electrons. The molecule has 1 aromatic rings. The molecule has 16 heavy (non-hydrogen) atoms. The van der Waals surface area contributed by atoms with Gasteiger partial charge < -0.3 is 4.74 Å². The Morgan fingerprint density at radius 1 is 1.38 bits per heavy atom. The Kier molecular flexibility index (Phi) is 4.23. The Balaban J connectivity index is 3.07. The molecule has 1 rings (SSSR count). The number of rotatable bonds is 4. The van der Waals surface area contributed by atoms with Crippen LogP contribution in [0, 0.1) is 13.8 Å². The third-order valence-electron chi connectivity index (χ3n) is 2.05. The second-order valence-corrected chi connectivity index (χ2v) is 3.68. The number of aromatic nitrogens is 1. The average molecular weight is 219 g/mol. The van der Waals surface area contributed by atoms with Crippen molar-refractivity contribution < 1.29 is 9.53 Å². The molecule has 86 valence electrons. The number of allylic oxidation sites excluding steroid dienone is 1. The molecule has 0 aromatic carbocycles. The van der Waals surface area contributed by atoms with Crippen molar-refractivity contribution in [1.29, 1.82) is 0 Å². The Morgan fingerprint density at radius 2 is 1.94 bits per heavy atom. The highest BCUT2D eigenvalue weighted by Gasteiger charge is 2.04. The third kappa shape index (κ3) is 3.50. The second-order valence-electron chi connectivity index (χ2n) is 3.68. The van der Waals surface area contributed by atoms with Gasteiger partial charge in [-0.3, -0.25) is 9.78 Å². The van der Waals surface area contributed by atoms with Gasteiger partial charge in [0.15, 0.2) is 11.5 Å². The summed E-state index contributed by atoms with van der Waals surface area (Å²) in [6, 6.07) is 3.85. The van der Waals surface area contributed by atoms with Crippen LogP contribution in [0.1, 0.15) is 30.8 Å². The number of hydrogen-bond acceptors (Lipinski definition) is 3. The summed E-state index contributed by atoms with van der Waals surface area (Å²) in [7, 11) is 0. The van der Waals surface area contributed by atoms with Crippen LogP contribution < -0.4 is 0 Å². The van der Waals surface area contributed by atoms with Gasteiger partial charge in [0.2, 0.25) is 0 Å². The molecule has 0 unspecified atom stereocenters. The van der Waals surface area contributed by atoms with E-state index in [1.807, 2.05) is 32.9 Å². The van der Waals surface area contributed by atoms with Gasteiger partial charge in [-0.25, -0.2) is 0 Å². The van der Waals surface area contributed by atoms with E-state index >= 15 is 0 Å². The van der Waals surface area contributed by atoms with Crippen molar-refractivity contribution in [1.82, 2.24) is 4.98 Å². The van der Waals surface area contributed by atoms with E-state index in [-0.39, 0.29) is 5.78 Å². The quantitative estimate of drug-likeness (QED) is 0.577. The van der Waals surface area contributed by atoms with E-state index in [9.17, 15) is 4.79 Å². The molecule has 0 aliphatic heterocycles. The van der Waals surface area contributed by atoms with Gasteiger partial charge in [-0.1, -0.05) is 0 Å². The largest absolute Gasteiger partial charge is 0.490 e. The summed E-state index contributed by atoms with van der Waals surface area (Å²) in [5, 5.41) is 0. The minimum Gasteiger partial charge on any atom is -0.490 e. The first-order valence-corrected chi connectivity index (χ1v) is 5.33. The van der Waals surface area contributed by atoms with Gasteiger partial charge in [-0.05, 0) is 44.5 Å². The Labute approximate surface area is 96.2 Å². The fourth-order valence-corrected chi connectivity index (χ4v) is 1.50. The van der Waals surface area contributed by atoms with Crippen molar-refractivity contribution in [2.45, 2.75) is 27.7 Å². The zero-order valence-corrected chi connectivity index (χ0v) is 10.2. The van der Waals surface area contributed by atoms with E-state index in [1.54, 1.807) is 6.08 Å². The highest BCUT2D eigenvalue weighted by atomic mass is 16.5. The van der Waals surface area contributed by atoms with Crippen LogP contribution in [0.3, 0.4) is 0 Å². The molecule has 0 aliphatic carbocycles. The number of ether oxygens (including phenoxy) is 1. The third-order valence-corrected chi connectivity index (χ3v) is 2.05. The van der Waals surface area contributed by atoms with E-state index in [0.717, 1.165) is 17.0 Å². The fourth-order valence-electron chi connectivity index (χ4n) is 1.50. The maximum Gasteiger partial charge on any atom is 0.194 e. The molecular formula is C13H17NO2. The van der Waals surface area contributed by atoms with E-state index in [0.29, 0.717) is 12.4 Å². The average Bonchev–Trinajstić information content (AvgIpc) is 2.15. The molecule has 0 aliphatic rings. The summed E-state index contributed by atoms with van der Waals surface area (Å²) in [5.74, 6) is 0.335. The van der Waals surface area contributed by atoms with Crippen LogP contribution in [0.15, 0.2) is 17.9 Å². The van der Waals surface area contributed by atoms with Crippen molar-refractivity contribution >= 4 is 11.9 Å². The van der Waals surface area contributed by atoms with E-state index in [4.69, 9.17) is 4.74 Å². The van der Waals surface area contributed by atoms with Crippen molar-refractivity contribution in [2.75, 3.05) is 6.61 Å². The van der Waals surface area contributed by atoms with E-state index < -0.39 is 0 Å². The maximum absolute atomic E-state index is 11.3. The lowest BCUT2D eigenvalue weighted by Crippen LogP contribution is -2.01. The molecule has 1 aromatic heterocycles. The van der Waals surface area contributed by atoms with Crippen LogP contribution in [-0.2, 0) is 9.53 Å². The van der Waals surface area contributed by atoms with E-state index in [2.05, 4.69) is 4.98 Å². The topological polar surface area (TPSA) is 39.2 Å². The highest BCUT2D eigenvalue weighted by Crippen LogP contribution is 2.11. The molecule has 0 spiro atoms. The molecule has 0 amide bonds. The van der Waals surface area contributed by atoms with Gasteiger partial charge in [0.1, 0.15) is 0 Å². The minimum atomic E-state index is -0.0611. The molecule has 3 nitrogen and oxygen atoms in total. The lowest BCUT2D eigenvalue weighted by molar-refractivity contribution is -0.116. The standard InChI is InChI=1S/C13H17NO2/c1-5-16-13(11(4)15)8-12-6-9(2)14-10(3)7-12/h6-8H,5H2,1-4H3/b13-8+. The van der Waals surface area contributed by atoms with Crippen molar-refractivity contribution in [2.24, 2.45) is 0 Å². The number of nitrogens with zero attached hydrogens (tertiary/aromatic N) is 1. The first-order chi connectivity index (χ1) is 7.52. The van der Waals surface area contributed by atoms with Crippen LogP contribution in [0.5, 0.6) is 0 Å². The minimum absolute atomic E-state index is 0.0611. The fraction of sp³-hybridized carbons (Fsp3) is 0.385. The second kappa shape index (κ2) is 5.45. The van der Waals surface area contributed by atoms with Crippen molar-refractivity contribution in [3.05, 3.63) is 34.8 Å². The lowest BCUT2D eigenvalue weighted by atomic mass is 10.1. The van der Waals surface area contributed by atoms with Gasteiger partial charge in [-0.15, -0.1) is 0 Å². The maximum atomic E-state index is 11.3. The lowest BCUT2D eigenvalue weighted by Gasteiger charge is -2.05. The van der Waals surface area contributed by atoms with Crippen molar-refractivity contribution in [3.63, 3.8) is 0 Å². The van der Waals surface area contributed by atoms with Crippen molar-refractivity contribution in [3.8, 4) is 0 Å². The smallest absolute Gasteiger partial charge is 0.194 e. The van der Waals surface area contributed by atoms with Gasteiger partial charge >= 0.3 is 0 Å². The van der Waals surface area contributed by atoms with Crippen LogP contribution in [0.2, 0.25) is 0 Å². The summed E-state index contributed by atoms with van der Waals surface area (Å²) < 4.78 is 5.28. The first-order valence-electron chi connectivity index (χ1n) is 5.33. The normalized spacial score (nSPS) is 11.4. The van der Waals surface area contributed by atoms with Gasteiger partial charge in [0.05, 0.1) is 6.61 Å². The Morgan fingerprint density at radius 3 is 2.38 bits per heavy atom. The summed E-state index contributed by atoms with van der Waals surface area (Å²) in [6.07, 6.45) is 1.76. The highest BCUT2D eigenvalue weighted by molar-refractivity contribution is 5.95. The molecule has 0 bridgehead atoms. The predicted octanol–water partition coefficient (Wildman–Crippen LogP) is 2.66. The van der Waals surface area contributed by atoms with Gasteiger partial charge in [0, 0.05) is 18.3 Å². The van der Waals surface area contributed by atoms with Crippen LogP contribution >= 0.6 is 0 Å². The molecule has 0 saturated carbocycles. The zero-order chi connectivity index (χ0) is 12.1. The summed E-state index contributed by atoms with van der Waals surface area (Å²) in [6.45, 7) is 7.72. The molecule has 3 heteroatoms. The Bertz CT molecular complexity index is 402. The number of carbonyl (C=O) groups excluding carboxylic acids is 1. The molecule has 0 fully saturated rings. The summed E-state index contributed by atoms with van der Waals surface area (Å²) in [5.41, 5.74) is 2.82. The first kappa shape index (κ1) is 12.4. The molecular weight excluding hydrogens is 202 g/mol. The van der Waals surface area contributed by atoms with Crippen LogP contribution in [0.25, 0.3) is 6.08 Å². The Hall–Kier alpha value is -1.64. The number of carbonyl (C=O) groups is 1. The number of hydrogen-bond donors (Lipinski definition) is 0. The van der Waals surface area contributed by atoms with Gasteiger partial charge in [0.25, 0.3) is 0 Å². The van der Waals surface area contributed by atoms with Crippen LogP contribution in [-0.4, -0.2) is 17.4 Å². The predicted molar refractivity (Wildman–Crippen MR) is 64.0 cm³/mol. The SMILES string of the molecule is CCO/C(=C/c1cc(C)nc(C)c1)C(C)=O. The summed E-state index contributed by atoms with van der Waals surface area (Å²) >= 11 is 0. The zero-order valence-electron chi connectivity index (χ0n) is 10.2. The number of pyridine rings is 1. The number of Topliss-reactive ketones (excluding diaryl/α,β-unsaturated/α-hetero) is 1. The molecule has 0 saturated heterocycles. The van der Waals surface area contributed by atoms with E-state index in [1.165, 1.54) is 6.92 Å². The number of aryl methyl sites for hydroxylation is 2. The molecule has 0 N–H and O–H groups in total. The monoisotopic (exact) mass is 219 g/mol. The molecule has 1 heterocycles. The van der Waals surface area contributed by atoms with Crippen LogP contribution in [0.4, 0.5) is 0 Å². The van der Waals surface area contributed by atoms with Gasteiger partial charge in [-0.2, -0.15) is 0 Å². The summed E-state index contributed by atoms with van der Waals surface area (Å²) in [4.78, 5) is 15.6.